The topological polar surface area (TPSA) is 77.1 Å². The molecule has 0 saturated heterocycles. The zero-order valence-electron chi connectivity index (χ0n) is 12.0. The van der Waals surface area contributed by atoms with Crippen molar-refractivity contribution < 1.29 is 9.47 Å². The Bertz CT molecular complexity index is 777. The van der Waals surface area contributed by atoms with Gasteiger partial charge in [-0.3, -0.25) is 4.79 Å². The van der Waals surface area contributed by atoms with Crippen molar-refractivity contribution in [2.24, 2.45) is 0 Å². The van der Waals surface area contributed by atoms with Crippen molar-refractivity contribution in [3.05, 3.63) is 40.7 Å². The molecule has 2 heterocycles. The van der Waals surface area contributed by atoms with Crippen LogP contribution in [0.1, 0.15) is 12.8 Å². The van der Waals surface area contributed by atoms with E-state index in [1.54, 1.807) is 6.07 Å². The normalized spacial score (nSPS) is 13.2. The van der Waals surface area contributed by atoms with E-state index in [1.807, 2.05) is 24.3 Å². The molecule has 1 aliphatic heterocycles. The number of fused-ring (bicyclic) bond motifs is 1. The second kappa shape index (κ2) is 6.31. The molecule has 22 heavy (non-hydrogen) atoms. The van der Waals surface area contributed by atoms with Crippen LogP contribution in [0.4, 0.5) is 0 Å². The third kappa shape index (κ3) is 2.93. The number of aryl methyl sites for hydroxylation is 1. The summed E-state index contributed by atoms with van der Waals surface area (Å²) < 4.78 is 12.6. The first-order valence-corrected chi connectivity index (χ1v) is 7.13. The molecule has 1 aromatic carbocycles. The Labute approximate surface area is 127 Å². The molecule has 1 aromatic heterocycles. The van der Waals surface area contributed by atoms with Crippen LogP contribution < -0.4 is 15.0 Å². The molecule has 2 aromatic rings. The Balaban J connectivity index is 1.96. The number of nitrogens with zero attached hydrogens (tertiary/aromatic N) is 3. The van der Waals surface area contributed by atoms with E-state index in [4.69, 9.17) is 14.7 Å². The van der Waals surface area contributed by atoms with E-state index in [0.29, 0.717) is 24.7 Å². The van der Waals surface area contributed by atoms with Gasteiger partial charge in [0.15, 0.2) is 11.5 Å². The van der Waals surface area contributed by atoms with Crippen molar-refractivity contribution >= 4 is 0 Å². The van der Waals surface area contributed by atoms with Gasteiger partial charge in [0.25, 0.3) is 5.56 Å². The summed E-state index contributed by atoms with van der Waals surface area (Å²) >= 11 is 0. The van der Waals surface area contributed by atoms with Crippen LogP contribution in [0.25, 0.3) is 11.3 Å². The third-order valence-electron chi connectivity index (χ3n) is 3.35. The Morgan fingerprint density at radius 2 is 2.00 bits per heavy atom. The lowest BCUT2D eigenvalue weighted by molar-refractivity contribution is 0.297. The van der Waals surface area contributed by atoms with Crippen LogP contribution in [0.3, 0.4) is 0 Å². The molecule has 0 N–H and O–H groups in total. The van der Waals surface area contributed by atoms with E-state index in [9.17, 15) is 4.79 Å². The molecule has 0 amide bonds. The number of aromatic nitrogens is 2. The van der Waals surface area contributed by atoms with Gasteiger partial charge in [0, 0.05) is 18.1 Å². The summed E-state index contributed by atoms with van der Waals surface area (Å²) in [7, 11) is 0. The highest BCUT2D eigenvalue weighted by Gasteiger charge is 2.12. The minimum absolute atomic E-state index is 0.214. The van der Waals surface area contributed by atoms with Gasteiger partial charge < -0.3 is 9.47 Å². The van der Waals surface area contributed by atoms with Gasteiger partial charge >= 0.3 is 0 Å². The molecule has 0 bridgehead atoms. The lowest BCUT2D eigenvalue weighted by atomic mass is 10.1. The van der Waals surface area contributed by atoms with Crippen LogP contribution in [0, 0.1) is 11.3 Å². The highest BCUT2D eigenvalue weighted by molar-refractivity contribution is 5.63. The smallest absolute Gasteiger partial charge is 0.266 e. The van der Waals surface area contributed by atoms with Gasteiger partial charge in [0.1, 0.15) is 0 Å². The third-order valence-corrected chi connectivity index (χ3v) is 3.35. The molecule has 6 heteroatoms. The number of rotatable bonds is 3. The SMILES string of the molecule is N#CCCn1nc(-c2ccc3c(c2)OCCCO3)ccc1=O. The molecule has 0 fully saturated rings. The fourth-order valence-corrected chi connectivity index (χ4v) is 2.24. The number of ether oxygens (including phenoxy) is 2. The van der Waals surface area contributed by atoms with E-state index >= 15 is 0 Å². The summed E-state index contributed by atoms with van der Waals surface area (Å²) in [4.78, 5) is 11.7. The maximum atomic E-state index is 11.7. The molecule has 1 aliphatic rings. The molecule has 0 unspecified atom stereocenters. The highest BCUT2D eigenvalue weighted by atomic mass is 16.5. The molecule has 0 aliphatic carbocycles. The lowest BCUT2D eigenvalue weighted by Gasteiger charge is -2.10. The largest absolute Gasteiger partial charge is 0.490 e. The van der Waals surface area contributed by atoms with Gasteiger partial charge in [-0.05, 0) is 24.3 Å². The molecule has 0 saturated carbocycles. The summed E-state index contributed by atoms with van der Waals surface area (Å²) in [6.07, 6.45) is 1.10. The van der Waals surface area contributed by atoms with E-state index in [1.165, 1.54) is 10.7 Å². The second-order valence-electron chi connectivity index (χ2n) is 4.90. The van der Waals surface area contributed by atoms with Crippen LogP contribution in [0.5, 0.6) is 11.5 Å². The minimum atomic E-state index is -0.214. The number of hydrogen-bond acceptors (Lipinski definition) is 5. The lowest BCUT2D eigenvalue weighted by Crippen LogP contribution is -2.22. The molecule has 3 rings (SSSR count). The van der Waals surface area contributed by atoms with Gasteiger partial charge in [-0.15, -0.1) is 0 Å². The van der Waals surface area contributed by atoms with Crippen molar-refractivity contribution in [1.29, 1.82) is 5.26 Å². The second-order valence-corrected chi connectivity index (χ2v) is 4.90. The predicted octanol–water partition coefficient (Wildman–Crippen LogP) is 1.99. The van der Waals surface area contributed by atoms with Crippen LogP contribution in [0.15, 0.2) is 35.1 Å². The number of hydrogen-bond donors (Lipinski definition) is 0. The van der Waals surface area contributed by atoms with Crippen molar-refractivity contribution in [3.63, 3.8) is 0 Å². The van der Waals surface area contributed by atoms with Crippen LogP contribution >= 0.6 is 0 Å². The first-order valence-electron chi connectivity index (χ1n) is 7.13. The average molecular weight is 297 g/mol. The fraction of sp³-hybridized carbons (Fsp3) is 0.312. The van der Waals surface area contributed by atoms with Gasteiger partial charge in [0.05, 0.1) is 37.9 Å². The maximum Gasteiger partial charge on any atom is 0.266 e. The fourth-order valence-electron chi connectivity index (χ4n) is 2.24. The predicted molar refractivity (Wildman–Crippen MR) is 79.8 cm³/mol. The summed E-state index contributed by atoms with van der Waals surface area (Å²) in [6, 6.07) is 10.7. The van der Waals surface area contributed by atoms with Crippen LogP contribution in [-0.4, -0.2) is 23.0 Å². The summed E-state index contributed by atoms with van der Waals surface area (Å²) in [5.74, 6) is 1.41. The van der Waals surface area contributed by atoms with Crippen molar-refractivity contribution in [1.82, 2.24) is 9.78 Å². The standard InChI is InChI=1S/C16H15N3O3/c17-7-1-8-19-16(20)6-4-13(18-19)12-3-5-14-15(11-12)22-10-2-9-21-14/h3-6,11H,1-2,8-10H2. The highest BCUT2D eigenvalue weighted by Crippen LogP contribution is 2.33. The molecule has 0 spiro atoms. The monoisotopic (exact) mass is 297 g/mol. The number of nitriles is 1. The van der Waals surface area contributed by atoms with Crippen molar-refractivity contribution in [2.45, 2.75) is 19.4 Å². The Morgan fingerprint density at radius 3 is 2.82 bits per heavy atom. The molecular formula is C16H15N3O3. The van der Waals surface area contributed by atoms with Gasteiger partial charge in [-0.25, -0.2) is 4.68 Å². The average Bonchev–Trinajstić information content (AvgIpc) is 2.78. The first kappa shape index (κ1) is 14.1. The van der Waals surface area contributed by atoms with Gasteiger partial charge in [-0.2, -0.15) is 10.4 Å². The quantitative estimate of drug-likeness (QED) is 0.865. The van der Waals surface area contributed by atoms with Crippen LogP contribution in [0.2, 0.25) is 0 Å². The molecule has 0 atom stereocenters. The van der Waals surface area contributed by atoms with Crippen molar-refractivity contribution in [2.75, 3.05) is 13.2 Å². The molecule has 112 valence electrons. The van der Waals surface area contributed by atoms with E-state index in [2.05, 4.69) is 5.10 Å². The summed E-state index contributed by atoms with van der Waals surface area (Å²) in [5.41, 5.74) is 1.29. The molecule has 0 radical (unpaired) electrons. The van der Waals surface area contributed by atoms with E-state index in [0.717, 1.165) is 17.7 Å². The zero-order chi connectivity index (χ0) is 15.4. The molecular weight excluding hydrogens is 282 g/mol. The Hall–Kier alpha value is -2.81. The van der Waals surface area contributed by atoms with E-state index in [-0.39, 0.29) is 18.5 Å². The Kier molecular flexibility index (Phi) is 4.05. The summed E-state index contributed by atoms with van der Waals surface area (Å²) in [6.45, 7) is 1.54. The number of benzene rings is 1. The van der Waals surface area contributed by atoms with Gasteiger partial charge in [-0.1, -0.05) is 0 Å². The minimum Gasteiger partial charge on any atom is -0.490 e. The van der Waals surface area contributed by atoms with Crippen LogP contribution in [-0.2, 0) is 6.54 Å². The van der Waals surface area contributed by atoms with E-state index < -0.39 is 0 Å². The zero-order valence-corrected chi connectivity index (χ0v) is 12.0. The van der Waals surface area contributed by atoms with Gasteiger partial charge in [0.2, 0.25) is 0 Å². The van der Waals surface area contributed by atoms with Crippen molar-refractivity contribution in [3.8, 4) is 28.8 Å². The first-order chi connectivity index (χ1) is 10.8. The molecule has 6 nitrogen and oxygen atoms in total. The Morgan fingerprint density at radius 1 is 1.18 bits per heavy atom. The summed E-state index contributed by atoms with van der Waals surface area (Å²) in [5, 5.41) is 12.9. The maximum absolute atomic E-state index is 11.7.